The fourth-order valence-electron chi connectivity index (χ4n) is 1.56. The highest BCUT2D eigenvalue weighted by atomic mass is 32.2. The van der Waals surface area contributed by atoms with E-state index in [0.717, 1.165) is 24.2 Å². The molecular weight excluding hydrogens is 252 g/mol. The SMILES string of the molecule is CNc1nc(NCCCS(C)=O)c2cn[nH]c2n1. The third-order valence-electron chi connectivity index (χ3n) is 2.43. The van der Waals surface area contributed by atoms with Gasteiger partial charge >= 0.3 is 0 Å². The predicted octanol–water partition coefficient (Wildman–Crippen LogP) is 0.575. The second-order valence-corrected chi connectivity index (χ2v) is 5.39. The average molecular weight is 268 g/mol. The summed E-state index contributed by atoms with van der Waals surface area (Å²) in [5, 5.41) is 13.7. The van der Waals surface area contributed by atoms with Crippen LogP contribution < -0.4 is 10.6 Å². The number of aromatic nitrogens is 4. The molecule has 0 spiro atoms. The molecule has 0 fully saturated rings. The lowest BCUT2D eigenvalue weighted by atomic mass is 10.4. The number of hydrogen-bond donors (Lipinski definition) is 3. The summed E-state index contributed by atoms with van der Waals surface area (Å²) >= 11 is 0. The minimum atomic E-state index is -0.752. The molecule has 0 saturated carbocycles. The molecule has 0 radical (unpaired) electrons. The topological polar surface area (TPSA) is 95.6 Å². The zero-order valence-electron chi connectivity index (χ0n) is 10.4. The number of fused-ring (bicyclic) bond motifs is 1. The number of rotatable bonds is 6. The summed E-state index contributed by atoms with van der Waals surface area (Å²) in [5.41, 5.74) is 0.691. The van der Waals surface area contributed by atoms with Crippen LogP contribution in [0.3, 0.4) is 0 Å². The van der Waals surface area contributed by atoms with E-state index < -0.39 is 10.8 Å². The largest absolute Gasteiger partial charge is 0.369 e. The number of anilines is 2. The van der Waals surface area contributed by atoms with E-state index in [1.807, 2.05) is 0 Å². The van der Waals surface area contributed by atoms with Crippen LogP contribution in [0.15, 0.2) is 6.20 Å². The Labute approximate surface area is 107 Å². The summed E-state index contributed by atoms with van der Waals surface area (Å²) in [6.07, 6.45) is 4.23. The highest BCUT2D eigenvalue weighted by molar-refractivity contribution is 7.84. The molecule has 7 nitrogen and oxygen atoms in total. The van der Waals surface area contributed by atoms with Gasteiger partial charge in [-0.1, -0.05) is 0 Å². The van der Waals surface area contributed by atoms with Crippen LogP contribution >= 0.6 is 0 Å². The maximum Gasteiger partial charge on any atom is 0.226 e. The van der Waals surface area contributed by atoms with Crippen molar-refractivity contribution in [2.45, 2.75) is 6.42 Å². The fraction of sp³-hybridized carbons (Fsp3) is 0.500. The molecule has 0 amide bonds. The van der Waals surface area contributed by atoms with Crippen molar-refractivity contribution >= 4 is 33.6 Å². The lowest BCUT2D eigenvalue weighted by molar-refractivity contribution is 0.685. The van der Waals surface area contributed by atoms with Crippen LogP contribution in [0.4, 0.5) is 11.8 Å². The molecule has 0 bridgehead atoms. The molecule has 0 aliphatic carbocycles. The maximum atomic E-state index is 11.0. The van der Waals surface area contributed by atoms with E-state index in [1.54, 1.807) is 19.5 Å². The zero-order valence-corrected chi connectivity index (χ0v) is 11.2. The Morgan fingerprint density at radius 1 is 1.44 bits per heavy atom. The normalized spacial score (nSPS) is 12.6. The number of nitrogens with zero attached hydrogens (tertiary/aromatic N) is 3. The van der Waals surface area contributed by atoms with Crippen LogP contribution in [-0.4, -0.2) is 50.0 Å². The van der Waals surface area contributed by atoms with E-state index in [4.69, 9.17) is 0 Å². The standard InChI is InChI=1S/C10H16N6OS/c1-11-10-14-8(12-4-3-5-18(2)17)7-6-13-16-9(7)15-10/h6H,3-5H2,1-2H3,(H3,11,12,13,14,15,16). The smallest absolute Gasteiger partial charge is 0.226 e. The monoisotopic (exact) mass is 268 g/mol. The van der Waals surface area contributed by atoms with Gasteiger partial charge in [0.15, 0.2) is 5.65 Å². The van der Waals surface area contributed by atoms with E-state index in [0.29, 0.717) is 17.3 Å². The third-order valence-corrected chi connectivity index (χ3v) is 3.30. The molecule has 0 aliphatic rings. The van der Waals surface area contributed by atoms with Crippen molar-refractivity contribution in [3.63, 3.8) is 0 Å². The van der Waals surface area contributed by atoms with Crippen LogP contribution in [0.1, 0.15) is 6.42 Å². The van der Waals surface area contributed by atoms with E-state index in [1.165, 1.54) is 0 Å². The third kappa shape index (κ3) is 2.95. The maximum absolute atomic E-state index is 11.0. The molecule has 1 unspecified atom stereocenters. The van der Waals surface area contributed by atoms with Crippen molar-refractivity contribution in [2.24, 2.45) is 0 Å². The van der Waals surface area contributed by atoms with Crippen molar-refractivity contribution in [1.29, 1.82) is 0 Å². The summed E-state index contributed by atoms with van der Waals surface area (Å²) in [5.74, 6) is 1.96. The van der Waals surface area contributed by atoms with Gasteiger partial charge in [0, 0.05) is 36.4 Å². The molecule has 2 aromatic heterocycles. The van der Waals surface area contributed by atoms with Crippen molar-refractivity contribution < 1.29 is 4.21 Å². The lowest BCUT2D eigenvalue weighted by Crippen LogP contribution is -2.09. The average Bonchev–Trinajstić information content (AvgIpc) is 2.82. The van der Waals surface area contributed by atoms with E-state index in [-0.39, 0.29) is 0 Å². The number of aromatic amines is 1. The summed E-state index contributed by atoms with van der Waals surface area (Å²) in [4.78, 5) is 8.58. The van der Waals surface area contributed by atoms with Crippen LogP contribution in [0.2, 0.25) is 0 Å². The predicted molar refractivity (Wildman–Crippen MR) is 73.3 cm³/mol. The van der Waals surface area contributed by atoms with Gasteiger partial charge < -0.3 is 10.6 Å². The number of H-pyrrole nitrogens is 1. The molecule has 0 saturated heterocycles. The molecular formula is C10H16N6OS. The molecule has 2 aromatic rings. The number of hydrogen-bond acceptors (Lipinski definition) is 6. The minimum absolute atomic E-state index is 0.535. The molecule has 2 rings (SSSR count). The van der Waals surface area contributed by atoms with E-state index in [2.05, 4.69) is 30.8 Å². The highest BCUT2D eigenvalue weighted by Crippen LogP contribution is 2.19. The Balaban J connectivity index is 2.10. The van der Waals surface area contributed by atoms with Gasteiger partial charge in [-0.25, -0.2) is 0 Å². The van der Waals surface area contributed by atoms with Crippen LogP contribution in [0.25, 0.3) is 11.0 Å². The molecule has 2 heterocycles. The molecule has 0 aromatic carbocycles. The van der Waals surface area contributed by atoms with Gasteiger partial charge in [0.05, 0.1) is 11.6 Å². The van der Waals surface area contributed by atoms with E-state index in [9.17, 15) is 4.21 Å². The van der Waals surface area contributed by atoms with Gasteiger partial charge in [-0.2, -0.15) is 15.1 Å². The number of nitrogens with one attached hydrogen (secondary N) is 3. The molecule has 18 heavy (non-hydrogen) atoms. The van der Waals surface area contributed by atoms with Crippen molar-refractivity contribution in [2.75, 3.05) is 36.2 Å². The Hall–Kier alpha value is -1.70. The van der Waals surface area contributed by atoms with Gasteiger partial charge in [-0.3, -0.25) is 9.31 Å². The minimum Gasteiger partial charge on any atom is -0.369 e. The lowest BCUT2D eigenvalue weighted by Gasteiger charge is -2.07. The van der Waals surface area contributed by atoms with Gasteiger partial charge in [-0.15, -0.1) is 0 Å². The summed E-state index contributed by atoms with van der Waals surface area (Å²) in [6.45, 7) is 0.722. The molecule has 0 aliphatic heterocycles. The second kappa shape index (κ2) is 5.76. The highest BCUT2D eigenvalue weighted by Gasteiger charge is 2.08. The van der Waals surface area contributed by atoms with Gasteiger partial charge in [0.2, 0.25) is 5.95 Å². The van der Waals surface area contributed by atoms with E-state index >= 15 is 0 Å². The first kappa shape index (κ1) is 12.7. The summed E-state index contributed by atoms with van der Waals surface area (Å²) in [7, 11) is 1.01. The first-order chi connectivity index (χ1) is 8.70. The molecule has 3 N–H and O–H groups in total. The second-order valence-electron chi connectivity index (χ2n) is 3.84. The van der Waals surface area contributed by atoms with Crippen LogP contribution in [0, 0.1) is 0 Å². The summed E-state index contributed by atoms with van der Waals surface area (Å²) in [6, 6.07) is 0. The quantitative estimate of drug-likeness (QED) is 0.663. The van der Waals surface area contributed by atoms with Crippen molar-refractivity contribution in [1.82, 2.24) is 20.2 Å². The summed E-state index contributed by atoms with van der Waals surface area (Å²) < 4.78 is 11.0. The Kier molecular flexibility index (Phi) is 4.08. The molecule has 1 atom stereocenters. The zero-order chi connectivity index (χ0) is 13.0. The van der Waals surface area contributed by atoms with Crippen LogP contribution in [0.5, 0.6) is 0 Å². The molecule has 98 valence electrons. The van der Waals surface area contributed by atoms with Gasteiger partial charge in [0.1, 0.15) is 5.82 Å². The van der Waals surface area contributed by atoms with Crippen molar-refractivity contribution in [3.05, 3.63) is 6.20 Å². The Morgan fingerprint density at radius 3 is 3.00 bits per heavy atom. The first-order valence-electron chi connectivity index (χ1n) is 5.63. The van der Waals surface area contributed by atoms with Crippen molar-refractivity contribution in [3.8, 4) is 0 Å². The Bertz CT molecular complexity index is 554. The first-order valence-corrected chi connectivity index (χ1v) is 7.36. The fourth-order valence-corrected chi connectivity index (χ4v) is 2.11. The van der Waals surface area contributed by atoms with Gasteiger partial charge in [0.25, 0.3) is 0 Å². The Morgan fingerprint density at radius 2 is 2.28 bits per heavy atom. The molecule has 8 heteroatoms. The van der Waals surface area contributed by atoms with Gasteiger partial charge in [-0.05, 0) is 6.42 Å². The van der Waals surface area contributed by atoms with Crippen LogP contribution in [-0.2, 0) is 10.8 Å².